The average molecular weight is 243 g/mol. The number of rotatable bonds is 2. The van der Waals surface area contributed by atoms with Crippen LogP contribution >= 0.6 is 0 Å². The zero-order valence-electron chi connectivity index (χ0n) is 10.5. The summed E-state index contributed by atoms with van der Waals surface area (Å²) in [5, 5.41) is 15.2. The summed E-state index contributed by atoms with van der Waals surface area (Å²) in [6, 6.07) is 7.64. The van der Waals surface area contributed by atoms with Crippen molar-refractivity contribution < 1.29 is 4.79 Å². The van der Waals surface area contributed by atoms with Crippen molar-refractivity contribution in [3.8, 4) is 6.07 Å². The van der Waals surface area contributed by atoms with Crippen molar-refractivity contribution in [2.24, 2.45) is 5.92 Å². The molecule has 18 heavy (non-hydrogen) atoms. The highest BCUT2D eigenvalue weighted by molar-refractivity contribution is 5.94. The van der Waals surface area contributed by atoms with Gasteiger partial charge in [-0.1, -0.05) is 12.1 Å². The first-order valence-electron chi connectivity index (χ1n) is 6.23. The minimum atomic E-state index is 0.00398. The molecule has 0 aliphatic carbocycles. The SMILES string of the molecule is Cc1cccc(NC(=O)[C@@H]2CCCNC2)c1C#N. The monoisotopic (exact) mass is 243 g/mol. The van der Waals surface area contributed by atoms with E-state index in [2.05, 4.69) is 16.7 Å². The van der Waals surface area contributed by atoms with Gasteiger partial charge < -0.3 is 10.6 Å². The lowest BCUT2D eigenvalue weighted by Crippen LogP contribution is -2.37. The van der Waals surface area contributed by atoms with E-state index in [0.717, 1.165) is 31.5 Å². The molecule has 0 saturated carbocycles. The Bertz CT molecular complexity index is 484. The molecule has 1 atom stereocenters. The number of aryl methyl sites for hydroxylation is 1. The number of hydrogen-bond donors (Lipinski definition) is 2. The Morgan fingerprint density at radius 2 is 2.39 bits per heavy atom. The number of nitrogens with one attached hydrogen (secondary N) is 2. The Hall–Kier alpha value is -1.86. The fourth-order valence-electron chi connectivity index (χ4n) is 2.23. The molecule has 1 saturated heterocycles. The number of amides is 1. The van der Waals surface area contributed by atoms with Crippen LogP contribution in [-0.2, 0) is 4.79 Å². The summed E-state index contributed by atoms with van der Waals surface area (Å²) in [7, 11) is 0. The summed E-state index contributed by atoms with van der Waals surface area (Å²) in [5.74, 6) is 0.00936. The standard InChI is InChI=1S/C14H17N3O/c1-10-4-2-6-13(12(10)8-15)17-14(18)11-5-3-7-16-9-11/h2,4,6,11,16H,3,5,7,9H2,1H3,(H,17,18)/t11-/m1/s1. The van der Waals surface area contributed by atoms with Gasteiger partial charge in [0.2, 0.25) is 5.91 Å². The van der Waals surface area contributed by atoms with E-state index in [1.807, 2.05) is 19.1 Å². The van der Waals surface area contributed by atoms with Gasteiger partial charge in [0.15, 0.2) is 0 Å². The van der Waals surface area contributed by atoms with Gasteiger partial charge >= 0.3 is 0 Å². The van der Waals surface area contributed by atoms with Crippen LogP contribution in [0.1, 0.15) is 24.0 Å². The van der Waals surface area contributed by atoms with E-state index in [-0.39, 0.29) is 11.8 Å². The second kappa shape index (κ2) is 5.65. The number of nitriles is 1. The summed E-state index contributed by atoms with van der Waals surface area (Å²) in [6.45, 7) is 3.58. The van der Waals surface area contributed by atoms with E-state index in [1.54, 1.807) is 6.07 Å². The first-order valence-corrected chi connectivity index (χ1v) is 6.23. The molecule has 2 N–H and O–H groups in total. The number of benzene rings is 1. The molecule has 1 fully saturated rings. The highest BCUT2D eigenvalue weighted by Gasteiger charge is 2.21. The number of carbonyl (C=O) groups is 1. The van der Waals surface area contributed by atoms with E-state index in [4.69, 9.17) is 5.26 Å². The number of hydrogen-bond acceptors (Lipinski definition) is 3. The Balaban J connectivity index is 2.12. The molecular formula is C14H17N3O. The maximum Gasteiger partial charge on any atom is 0.228 e. The van der Waals surface area contributed by atoms with E-state index >= 15 is 0 Å². The average Bonchev–Trinajstić information content (AvgIpc) is 2.40. The lowest BCUT2D eigenvalue weighted by molar-refractivity contribution is -0.120. The topological polar surface area (TPSA) is 64.9 Å². The molecule has 1 aromatic rings. The second-order valence-electron chi connectivity index (χ2n) is 4.64. The number of carbonyl (C=O) groups excluding carboxylic acids is 1. The fourth-order valence-corrected chi connectivity index (χ4v) is 2.23. The number of nitrogens with zero attached hydrogens (tertiary/aromatic N) is 1. The predicted octanol–water partition coefficient (Wildman–Crippen LogP) is 1.80. The van der Waals surface area contributed by atoms with E-state index in [9.17, 15) is 4.79 Å². The largest absolute Gasteiger partial charge is 0.325 e. The van der Waals surface area contributed by atoms with Crippen LogP contribution < -0.4 is 10.6 Å². The van der Waals surface area contributed by atoms with Crippen molar-refractivity contribution in [1.82, 2.24) is 5.32 Å². The fraction of sp³-hybridized carbons (Fsp3) is 0.429. The Morgan fingerprint density at radius 3 is 3.06 bits per heavy atom. The summed E-state index contributed by atoms with van der Waals surface area (Å²) in [4.78, 5) is 12.1. The van der Waals surface area contributed by atoms with Gasteiger partial charge in [-0.2, -0.15) is 5.26 Å². The third-order valence-corrected chi connectivity index (χ3v) is 3.31. The van der Waals surface area contributed by atoms with Gasteiger partial charge in [-0.05, 0) is 37.9 Å². The molecule has 0 bridgehead atoms. The van der Waals surface area contributed by atoms with E-state index in [0.29, 0.717) is 11.3 Å². The summed E-state index contributed by atoms with van der Waals surface area (Å²) < 4.78 is 0. The number of piperidine rings is 1. The molecule has 0 radical (unpaired) electrons. The maximum absolute atomic E-state index is 12.1. The lowest BCUT2D eigenvalue weighted by atomic mass is 9.98. The first-order chi connectivity index (χ1) is 8.72. The molecule has 1 aliphatic rings. The van der Waals surface area contributed by atoms with Crippen LogP contribution in [0, 0.1) is 24.2 Å². The quantitative estimate of drug-likeness (QED) is 0.832. The summed E-state index contributed by atoms with van der Waals surface area (Å²) in [5.41, 5.74) is 2.06. The van der Waals surface area contributed by atoms with Gasteiger partial charge in [-0.25, -0.2) is 0 Å². The van der Waals surface area contributed by atoms with Gasteiger partial charge in [-0.3, -0.25) is 4.79 Å². The van der Waals surface area contributed by atoms with Crippen LogP contribution in [0.4, 0.5) is 5.69 Å². The van der Waals surface area contributed by atoms with Crippen molar-refractivity contribution in [1.29, 1.82) is 5.26 Å². The molecule has 0 aromatic heterocycles. The summed E-state index contributed by atoms with van der Waals surface area (Å²) >= 11 is 0. The van der Waals surface area contributed by atoms with Gasteiger partial charge in [-0.15, -0.1) is 0 Å². The zero-order valence-corrected chi connectivity index (χ0v) is 10.5. The lowest BCUT2D eigenvalue weighted by Gasteiger charge is -2.22. The van der Waals surface area contributed by atoms with Gasteiger partial charge in [0.25, 0.3) is 0 Å². The van der Waals surface area contributed by atoms with E-state index in [1.165, 1.54) is 0 Å². The number of anilines is 1. The zero-order chi connectivity index (χ0) is 13.0. The van der Waals surface area contributed by atoms with Crippen LogP contribution in [0.5, 0.6) is 0 Å². The molecule has 1 heterocycles. The van der Waals surface area contributed by atoms with Crippen molar-refractivity contribution in [2.75, 3.05) is 18.4 Å². The van der Waals surface area contributed by atoms with E-state index < -0.39 is 0 Å². The molecule has 0 unspecified atom stereocenters. The molecular weight excluding hydrogens is 226 g/mol. The van der Waals surface area contributed by atoms with Crippen LogP contribution in [0.3, 0.4) is 0 Å². The van der Waals surface area contributed by atoms with Crippen molar-refractivity contribution in [3.05, 3.63) is 29.3 Å². The highest BCUT2D eigenvalue weighted by atomic mass is 16.1. The predicted molar refractivity (Wildman–Crippen MR) is 70.1 cm³/mol. The van der Waals surface area contributed by atoms with Crippen LogP contribution in [0.25, 0.3) is 0 Å². The molecule has 4 nitrogen and oxygen atoms in total. The first kappa shape index (κ1) is 12.6. The highest BCUT2D eigenvalue weighted by Crippen LogP contribution is 2.20. The van der Waals surface area contributed by atoms with Crippen molar-refractivity contribution >= 4 is 11.6 Å². The molecule has 0 spiro atoms. The molecule has 1 amide bonds. The normalized spacial score (nSPS) is 19.0. The molecule has 1 aliphatic heterocycles. The Morgan fingerprint density at radius 1 is 1.56 bits per heavy atom. The van der Waals surface area contributed by atoms with Crippen molar-refractivity contribution in [3.63, 3.8) is 0 Å². The van der Waals surface area contributed by atoms with Crippen LogP contribution in [0.2, 0.25) is 0 Å². The maximum atomic E-state index is 12.1. The van der Waals surface area contributed by atoms with Crippen LogP contribution in [0.15, 0.2) is 18.2 Å². The molecule has 4 heteroatoms. The van der Waals surface area contributed by atoms with Crippen molar-refractivity contribution in [2.45, 2.75) is 19.8 Å². The Kier molecular flexibility index (Phi) is 3.96. The minimum Gasteiger partial charge on any atom is -0.325 e. The third-order valence-electron chi connectivity index (χ3n) is 3.31. The second-order valence-corrected chi connectivity index (χ2v) is 4.64. The van der Waals surface area contributed by atoms with Gasteiger partial charge in [0.05, 0.1) is 17.2 Å². The van der Waals surface area contributed by atoms with Gasteiger partial charge in [0, 0.05) is 6.54 Å². The molecule has 1 aromatic carbocycles. The Labute approximate surface area is 107 Å². The van der Waals surface area contributed by atoms with Gasteiger partial charge in [0.1, 0.15) is 6.07 Å². The molecule has 2 rings (SSSR count). The minimum absolute atomic E-state index is 0.00398. The van der Waals surface area contributed by atoms with Crippen LogP contribution in [-0.4, -0.2) is 19.0 Å². The summed E-state index contributed by atoms with van der Waals surface area (Å²) in [6.07, 6.45) is 1.93. The smallest absolute Gasteiger partial charge is 0.228 e. The molecule has 94 valence electrons. The third kappa shape index (κ3) is 2.69.